The minimum atomic E-state index is -0.592. The molecule has 2 fully saturated rings. The number of rotatable bonds is 4. The number of anilines is 2. The average molecular weight is 405 g/mol. The molecule has 2 aromatic rings. The van der Waals surface area contributed by atoms with E-state index >= 15 is 0 Å². The van der Waals surface area contributed by atoms with E-state index in [0.717, 1.165) is 56.8 Å². The number of nitrogens with one attached hydrogen (secondary N) is 1. The van der Waals surface area contributed by atoms with Crippen molar-refractivity contribution in [2.75, 3.05) is 30.3 Å². The van der Waals surface area contributed by atoms with Crippen LogP contribution < -0.4 is 10.6 Å². The van der Waals surface area contributed by atoms with E-state index in [1.54, 1.807) is 0 Å². The lowest BCUT2D eigenvalue weighted by Crippen LogP contribution is -2.56. The highest BCUT2D eigenvalue weighted by molar-refractivity contribution is 6.30. The highest BCUT2D eigenvalue weighted by atomic mass is 35.5. The van der Waals surface area contributed by atoms with Crippen molar-refractivity contribution < 1.29 is 5.11 Å². The number of nitrogen functional groups attached to an aromatic ring is 1. The first-order valence-corrected chi connectivity index (χ1v) is 10.4. The summed E-state index contributed by atoms with van der Waals surface area (Å²) in [4.78, 5) is 9.06. The molecule has 1 unspecified atom stereocenters. The molecule has 152 valence electrons. The summed E-state index contributed by atoms with van der Waals surface area (Å²) in [6, 6.07) is 8.94. The zero-order chi connectivity index (χ0) is 19.7. The summed E-state index contributed by atoms with van der Waals surface area (Å²) in [5, 5.41) is 18.3. The quantitative estimate of drug-likeness (QED) is 0.724. The molecular formula is C20H29ClN6O. The van der Waals surface area contributed by atoms with Crippen LogP contribution in [-0.2, 0) is 6.42 Å². The van der Waals surface area contributed by atoms with E-state index in [0.29, 0.717) is 24.0 Å². The van der Waals surface area contributed by atoms with Gasteiger partial charge in [-0.15, -0.1) is 5.10 Å². The standard InChI is InChI=1S/C20H29ClN6O/c1-20(28)8-11-27(17(13-20)12-14-2-4-15(21)5-3-14)16-6-9-26(10-7-16)19-23-18(22)24-25-19/h2-5,16-17,28H,6-13H2,1H3,(H3,22,23,24,25)/t17-,20?/m0/s1. The van der Waals surface area contributed by atoms with Gasteiger partial charge in [-0.1, -0.05) is 23.7 Å². The Morgan fingerprint density at radius 2 is 1.96 bits per heavy atom. The van der Waals surface area contributed by atoms with Gasteiger partial charge in [0.05, 0.1) is 5.60 Å². The van der Waals surface area contributed by atoms with Gasteiger partial charge in [0, 0.05) is 36.7 Å². The van der Waals surface area contributed by atoms with Crippen molar-refractivity contribution in [2.45, 2.75) is 56.7 Å². The Bertz CT molecular complexity index is 784. The van der Waals surface area contributed by atoms with Crippen LogP contribution in [-0.4, -0.2) is 62.5 Å². The number of benzene rings is 1. The number of piperidine rings is 2. The number of aromatic amines is 1. The summed E-state index contributed by atoms with van der Waals surface area (Å²) in [7, 11) is 0. The zero-order valence-corrected chi connectivity index (χ0v) is 17.1. The molecular weight excluding hydrogens is 376 g/mol. The van der Waals surface area contributed by atoms with Crippen LogP contribution in [0.1, 0.15) is 38.2 Å². The lowest BCUT2D eigenvalue weighted by molar-refractivity contribution is -0.0500. The van der Waals surface area contributed by atoms with Crippen LogP contribution >= 0.6 is 11.6 Å². The van der Waals surface area contributed by atoms with E-state index in [2.05, 4.69) is 37.1 Å². The average Bonchev–Trinajstić information content (AvgIpc) is 3.10. The maximum absolute atomic E-state index is 10.7. The molecule has 0 radical (unpaired) electrons. The molecule has 1 aromatic heterocycles. The third kappa shape index (κ3) is 4.42. The second kappa shape index (κ2) is 7.89. The number of halogens is 1. The van der Waals surface area contributed by atoms with Gasteiger partial charge in [0.25, 0.3) is 0 Å². The highest BCUT2D eigenvalue weighted by Gasteiger charge is 2.39. The van der Waals surface area contributed by atoms with Crippen LogP contribution in [0.5, 0.6) is 0 Å². The zero-order valence-electron chi connectivity index (χ0n) is 16.3. The van der Waals surface area contributed by atoms with Gasteiger partial charge in [0.15, 0.2) is 0 Å². The molecule has 4 N–H and O–H groups in total. The van der Waals surface area contributed by atoms with E-state index in [-0.39, 0.29) is 0 Å². The van der Waals surface area contributed by atoms with Crippen molar-refractivity contribution in [1.29, 1.82) is 0 Å². The third-order valence-corrected chi connectivity index (χ3v) is 6.40. The Balaban J connectivity index is 1.43. The van der Waals surface area contributed by atoms with Gasteiger partial charge in [-0.3, -0.25) is 4.90 Å². The number of H-pyrrole nitrogens is 1. The Labute approximate surface area is 170 Å². The molecule has 3 heterocycles. The van der Waals surface area contributed by atoms with E-state index in [1.165, 1.54) is 5.56 Å². The first-order chi connectivity index (χ1) is 13.4. The van der Waals surface area contributed by atoms with E-state index in [4.69, 9.17) is 17.3 Å². The van der Waals surface area contributed by atoms with Crippen LogP contribution in [0.25, 0.3) is 0 Å². The smallest absolute Gasteiger partial charge is 0.246 e. The van der Waals surface area contributed by atoms with Gasteiger partial charge < -0.3 is 15.7 Å². The van der Waals surface area contributed by atoms with Crippen LogP contribution in [0.15, 0.2) is 24.3 Å². The van der Waals surface area contributed by atoms with Crippen molar-refractivity contribution in [2.24, 2.45) is 0 Å². The highest BCUT2D eigenvalue weighted by Crippen LogP contribution is 2.33. The minimum Gasteiger partial charge on any atom is -0.390 e. The largest absolute Gasteiger partial charge is 0.390 e. The van der Waals surface area contributed by atoms with Gasteiger partial charge in [0.2, 0.25) is 11.9 Å². The van der Waals surface area contributed by atoms with Crippen molar-refractivity contribution in [3.8, 4) is 0 Å². The number of aliphatic hydroxyl groups is 1. The molecule has 2 atom stereocenters. The molecule has 7 nitrogen and oxygen atoms in total. The molecule has 28 heavy (non-hydrogen) atoms. The predicted octanol–water partition coefficient (Wildman–Crippen LogP) is 2.47. The molecule has 2 saturated heterocycles. The fraction of sp³-hybridized carbons (Fsp3) is 0.600. The van der Waals surface area contributed by atoms with Crippen LogP contribution in [0, 0.1) is 0 Å². The SMILES string of the molecule is CC1(O)CCN(C2CCN(c3n[nH]c(N)n3)CC2)[C@@H](Cc2ccc(Cl)cc2)C1. The first-order valence-electron chi connectivity index (χ1n) is 10.0. The summed E-state index contributed by atoms with van der Waals surface area (Å²) in [5.74, 6) is 1.05. The normalized spacial score (nSPS) is 27.2. The molecule has 2 aliphatic heterocycles. The summed E-state index contributed by atoms with van der Waals surface area (Å²) >= 11 is 6.04. The van der Waals surface area contributed by atoms with Crippen molar-refractivity contribution in [3.05, 3.63) is 34.9 Å². The Morgan fingerprint density at radius 3 is 2.61 bits per heavy atom. The molecule has 0 aliphatic carbocycles. The number of nitrogens with zero attached hydrogens (tertiary/aromatic N) is 4. The summed E-state index contributed by atoms with van der Waals surface area (Å²) in [5.41, 5.74) is 6.34. The topological polar surface area (TPSA) is 94.3 Å². The maximum Gasteiger partial charge on any atom is 0.246 e. The molecule has 0 saturated carbocycles. The molecule has 1 aromatic carbocycles. The van der Waals surface area contributed by atoms with Gasteiger partial charge in [-0.05, 0) is 56.7 Å². The molecule has 0 spiro atoms. The molecule has 0 bridgehead atoms. The number of aromatic nitrogens is 3. The van der Waals surface area contributed by atoms with Gasteiger partial charge in [0.1, 0.15) is 0 Å². The second-order valence-corrected chi connectivity index (χ2v) is 8.85. The summed E-state index contributed by atoms with van der Waals surface area (Å²) < 4.78 is 0. The maximum atomic E-state index is 10.7. The lowest BCUT2D eigenvalue weighted by atomic mass is 9.83. The number of likely N-dealkylation sites (tertiary alicyclic amines) is 1. The third-order valence-electron chi connectivity index (χ3n) is 6.14. The molecule has 0 amide bonds. The Hall–Kier alpha value is -1.83. The number of nitrogens with two attached hydrogens (primary N) is 1. The van der Waals surface area contributed by atoms with Crippen molar-refractivity contribution >= 4 is 23.5 Å². The molecule has 4 rings (SSSR count). The monoisotopic (exact) mass is 404 g/mol. The van der Waals surface area contributed by atoms with Crippen molar-refractivity contribution in [3.63, 3.8) is 0 Å². The number of hydrogen-bond acceptors (Lipinski definition) is 6. The minimum absolute atomic E-state index is 0.334. The molecule has 2 aliphatic rings. The van der Waals surface area contributed by atoms with E-state index < -0.39 is 5.60 Å². The Kier molecular flexibility index (Phi) is 5.49. The van der Waals surface area contributed by atoms with Crippen LogP contribution in [0.4, 0.5) is 11.9 Å². The second-order valence-electron chi connectivity index (χ2n) is 8.41. The van der Waals surface area contributed by atoms with Gasteiger partial charge in [-0.25, -0.2) is 5.10 Å². The van der Waals surface area contributed by atoms with E-state index in [1.807, 2.05) is 19.1 Å². The van der Waals surface area contributed by atoms with Crippen molar-refractivity contribution in [1.82, 2.24) is 20.1 Å². The molecule has 8 heteroatoms. The van der Waals surface area contributed by atoms with E-state index in [9.17, 15) is 5.11 Å². The number of hydrogen-bond donors (Lipinski definition) is 3. The summed E-state index contributed by atoms with van der Waals surface area (Å²) in [6.45, 7) is 4.74. The van der Waals surface area contributed by atoms with Crippen LogP contribution in [0.3, 0.4) is 0 Å². The first kappa shape index (κ1) is 19.5. The predicted molar refractivity (Wildman–Crippen MR) is 112 cm³/mol. The fourth-order valence-corrected chi connectivity index (χ4v) is 4.77. The fourth-order valence-electron chi connectivity index (χ4n) is 4.65. The van der Waals surface area contributed by atoms with Gasteiger partial charge >= 0.3 is 0 Å². The lowest BCUT2D eigenvalue weighted by Gasteiger charge is -2.48. The van der Waals surface area contributed by atoms with Crippen LogP contribution in [0.2, 0.25) is 5.02 Å². The van der Waals surface area contributed by atoms with Gasteiger partial charge in [-0.2, -0.15) is 4.98 Å². The summed E-state index contributed by atoms with van der Waals surface area (Å²) in [6.07, 6.45) is 4.68. The Morgan fingerprint density at radius 1 is 1.25 bits per heavy atom.